The summed E-state index contributed by atoms with van der Waals surface area (Å²) in [4.78, 5) is 26.6. The standard InChI is InChI=1S/C11H17N3O2/c1-4-6-7(3)11(5-2)8(12)13-10(16)14-9(11)15/h6H,4-5H2,1-3H3,(H3,12,13,14,15,16)/b7-6+. The molecule has 0 fully saturated rings. The summed E-state index contributed by atoms with van der Waals surface area (Å²) in [5.41, 5.74) is 5.65. The number of imide groups is 1. The van der Waals surface area contributed by atoms with E-state index in [1.807, 2.05) is 26.8 Å². The zero-order chi connectivity index (χ0) is 12.3. The molecule has 1 aliphatic heterocycles. The molecule has 1 heterocycles. The lowest BCUT2D eigenvalue weighted by atomic mass is 9.75. The van der Waals surface area contributed by atoms with Crippen LogP contribution in [0, 0.1) is 5.41 Å². The van der Waals surface area contributed by atoms with Gasteiger partial charge >= 0.3 is 6.03 Å². The van der Waals surface area contributed by atoms with Crippen molar-refractivity contribution in [1.29, 1.82) is 0 Å². The Kier molecular flexibility index (Phi) is 3.47. The molecule has 0 saturated carbocycles. The van der Waals surface area contributed by atoms with E-state index in [1.165, 1.54) is 0 Å². The van der Waals surface area contributed by atoms with E-state index in [0.717, 1.165) is 12.0 Å². The first-order valence-electron chi connectivity index (χ1n) is 5.36. The Hall–Kier alpha value is -1.65. The number of amides is 3. The molecule has 16 heavy (non-hydrogen) atoms. The van der Waals surface area contributed by atoms with Crippen LogP contribution >= 0.6 is 0 Å². The van der Waals surface area contributed by atoms with Gasteiger partial charge in [0.25, 0.3) is 0 Å². The molecule has 5 heteroatoms. The Balaban J connectivity index is 3.31. The minimum absolute atomic E-state index is 0.0888. The molecule has 0 spiro atoms. The van der Waals surface area contributed by atoms with E-state index in [9.17, 15) is 9.59 Å². The molecule has 1 aliphatic rings. The van der Waals surface area contributed by atoms with E-state index in [4.69, 9.17) is 5.73 Å². The topological polar surface area (TPSA) is 84.5 Å². The van der Waals surface area contributed by atoms with Crippen molar-refractivity contribution in [1.82, 2.24) is 5.32 Å². The largest absolute Gasteiger partial charge is 0.386 e. The SMILES string of the molecule is CC/C=C(\C)C1(CC)C(=O)NC(=O)N=C1N. The summed E-state index contributed by atoms with van der Waals surface area (Å²) in [5, 5.41) is 2.20. The number of aliphatic imine (C=N–C) groups is 1. The molecule has 0 aromatic rings. The van der Waals surface area contributed by atoms with Gasteiger partial charge < -0.3 is 5.73 Å². The van der Waals surface area contributed by atoms with Gasteiger partial charge in [0.2, 0.25) is 5.91 Å². The minimum atomic E-state index is -0.954. The predicted octanol–water partition coefficient (Wildman–Crippen LogP) is 1.35. The highest BCUT2D eigenvalue weighted by Gasteiger charge is 2.45. The lowest BCUT2D eigenvalue weighted by Crippen LogP contribution is -2.55. The number of nitrogens with two attached hydrogens (primary N) is 1. The van der Waals surface area contributed by atoms with Gasteiger partial charge in [-0.15, -0.1) is 0 Å². The first kappa shape index (κ1) is 12.4. The predicted molar refractivity (Wildman–Crippen MR) is 61.9 cm³/mol. The van der Waals surface area contributed by atoms with Crippen molar-refractivity contribution in [3.05, 3.63) is 11.6 Å². The van der Waals surface area contributed by atoms with Crippen LogP contribution in [0.1, 0.15) is 33.6 Å². The van der Waals surface area contributed by atoms with Crippen LogP contribution in [0.25, 0.3) is 0 Å². The molecule has 0 radical (unpaired) electrons. The number of hydrogen-bond acceptors (Lipinski definition) is 3. The quantitative estimate of drug-likeness (QED) is 0.708. The molecule has 88 valence electrons. The van der Waals surface area contributed by atoms with E-state index in [-0.39, 0.29) is 11.7 Å². The van der Waals surface area contributed by atoms with Crippen molar-refractivity contribution in [2.24, 2.45) is 16.1 Å². The normalized spacial score (nSPS) is 26.4. The van der Waals surface area contributed by atoms with Crippen molar-refractivity contribution in [2.75, 3.05) is 0 Å². The maximum atomic E-state index is 12.0. The Morgan fingerprint density at radius 1 is 1.50 bits per heavy atom. The summed E-state index contributed by atoms with van der Waals surface area (Å²) >= 11 is 0. The van der Waals surface area contributed by atoms with Gasteiger partial charge in [0.05, 0.1) is 0 Å². The van der Waals surface area contributed by atoms with Crippen LogP contribution in [0.3, 0.4) is 0 Å². The smallest absolute Gasteiger partial charge is 0.349 e. The number of carbonyl (C=O) groups is 2. The molecule has 0 aliphatic carbocycles. The van der Waals surface area contributed by atoms with Gasteiger partial charge in [0.1, 0.15) is 11.3 Å². The van der Waals surface area contributed by atoms with E-state index < -0.39 is 11.4 Å². The fraction of sp³-hybridized carbons (Fsp3) is 0.545. The Morgan fingerprint density at radius 2 is 2.12 bits per heavy atom. The van der Waals surface area contributed by atoms with Gasteiger partial charge in [0.15, 0.2) is 0 Å². The summed E-state index contributed by atoms with van der Waals surface area (Å²) in [6, 6.07) is -0.684. The van der Waals surface area contributed by atoms with E-state index in [0.29, 0.717) is 6.42 Å². The fourth-order valence-electron chi connectivity index (χ4n) is 2.03. The molecular weight excluding hydrogens is 206 g/mol. The van der Waals surface area contributed by atoms with Crippen LogP contribution in [0.4, 0.5) is 4.79 Å². The average Bonchev–Trinajstić information content (AvgIpc) is 2.18. The van der Waals surface area contributed by atoms with E-state index in [1.54, 1.807) is 0 Å². The van der Waals surface area contributed by atoms with Gasteiger partial charge in [-0.25, -0.2) is 4.79 Å². The number of amidine groups is 1. The summed E-state index contributed by atoms with van der Waals surface area (Å²) in [5.74, 6) is -0.291. The Labute approximate surface area is 94.8 Å². The third-order valence-corrected chi connectivity index (χ3v) is 2.98. The van der Waals surface area contributed by atoms with Crippen molar-refractivity contribution >= 4 is 17.8 Å². The molecule has 0 aromatic heterocycles. The number of nitrogens with one attached hydrogen (secondary N) is 1. The fourth-order valence-corrected chi connectivity index (χ4v) is 2.03. The molecule has 1 rings (SSSR count). The van der Waals surface area contributed by atoms with Crippen LogP contribution in [0.15, 0.2) is 16.6 Å². The average molecular weight is 223 g/mol. The number of urea groups is 1. The van der Waals surface area contributed by atoms with Gasteiger partial charge in [-0.3, -0.25) is 10.1 Å². The van der Waals surface area contributed by atoms with Crippen LogP contribution in [0.2, 0.25) is 0 Å². The number of allylic oxidation sites excluding steroid dienone is 1. The van der Waals surface area contributed by atoms with E-state index in [2.05, 4.69) is 10.3 Å². The highest BCUT2D eigenvalue weighted by Crippen LogP contribution is 2.34. The summed E-state index contributed by atoms with van der Waals surface area (Å²) in [7, 11) is 0. The van der Waals surface area contributed by atoms with Crippen molar-refractivity contribution in [3.8, 4) is 0 Å². The number of nitrogens with zero attached hydrogens (tertiary/aromatic N) is 1. The van der Waals surface area contributed by atoms with Crippen LogP contribution in [-0.4, -0.2) is 17.8 Å². The third kappa shape index (κ3) is 1.73. The molecule has 1 unspecified atom stereocenters. The molecule has 0 bridgehead atoms. The maximum absolute atomic E-state index is 12.0. The second-order valence-electron chi connectivity index (χ2n) is 3.81. The van der Waals surface area contributed by atoms with Crippen molar-refractivity contribution in [3.63, 3.8) is 0 Å². The molecular formula is C11H17N3O2. The zero-order valence-corrected chi connectivity index (χ0v) is 9.83. The van der Waals surface area contributed by atoms with Gasteiger partial charge in [-0.2, -0.15) is 4.99 Å². The molecule has 0 saturated heterocycles. The molecule has 3 amide bonds. The lowest BCUT2D eigenvalue weighted by Gasteiger charge is -2.33. The number of hydrogen-bond donors (Lipinski definition) is 2. The summed E-state index contributed by atoms with van der Waals surface area (Å²) in [6.45, 7) is 5.67. The minimum Gasteiger partial charge on any atom is -0.386 e. The second-order valence-corrected chi connectivity index (χ2v) is 3.81. The number of carbonyl (C=O) groups excluding carboxylic acids is 2. The van der Waals surface area contributed by atoms with E-state index >= 15 is 0 Å². The Bertz CT molecular complexity index is 385. The maximum Gasteiger partial charge on any atom is 0.349 e. The monoisotopic (exact) mass is 223 g/mol. The molecule has 3 N–H and O–H groups in total. The van der Waals surface area contributed by atoms with Crippen molar-refractivity contribution in [2.45, 2.75) is 33.6 Å². The molecule has 1 atom stereocenters. The highest BCUT2D eigenvalue weighted by molar-refractivity contribution is 6.20. The van der Waals surface area contributed by atoms with Gasteiger partial charge in [0, 0.05) is 0 Å². The summed E-state index contributed by atoms with van der Waals surface area (Å²) in [6.07, 6.45) is 3.23. The Morgan fingerprint density at radius 3 is 2.56 bits per heavy atom. The van der Waals surface area contributed by atoms with Crippen LogP contribution < -0.4 is 11.1 Å². The lowest BCUT2D eigenvalue weighted by molar-refractivity contribution is -0.125. The van der Waals surface area contributed by atoms with Gasteiger partial charge in [-0.05, 0) is 19.8 Å². The first-order valence-corrected chi connectivity index (χ1v) is 5.36. The first-order chi connectivity index (χ1) is 7.48. The highest BCUT2D eigenvalue weighted by atomic mass is 16.2. The van der Waals surface area contributed by atoms with Crippen LogP contribution in [0.5, 0.6) is 0 Å². The molecule has 5 nitrogen and oxygen atoms in total. The number of rotatable bonds is 3. The second kappa shape index (κ2) is 4.47. The third-order valence-electron chi connectivity index (χ3n) is 2.98. The van der Waals surface area contributed by atoms with Crippen LogP contribution in [-0.2, 0) is 4.79 Å². The van der Waals surface area contributed by atoms with Crippen molar-refractivity contribution < 1.29 is 9.59 Å². The zero-order valence-electron chi connectivity index (χ0n) is 9.83. The molecule has 0 aromatic carbocycles. The summed E-state index contributed by atoms with van der Waals surface area (Å²) < 4.78 is 0. The van der Waals surface area contributed by atoms with Gasteiger partial charge in [-0.1, -0.05) is 25.5 Å².